The number of hydrogen-bond donors (Lipinski definition) is 0. The third-order valence-electron chi connectivity index (χ3n) is 7.12. The van der Waals surface area contributed by atoms with Crippen LogP contribution in [-0.2, 0) is 9.53 Å². The number of thiazole rings is 1. The van der Waals surface area contributed by atoms with Gasteiger partial charge in [-0.1, -0.05) is 47.7 Å². The average Bonchev–Trinajstić information content (AvgIpc) is 3.58. The molecule has 5 aromatic rings. The van der Waals surface area contributed by atoms with Gasteiger partial charge < -0.3 is 9.47 Å². The van der Waals surface area contributed by atoms with Gasteiger partial charge in [-0.05, 0) is 62.4 Å². The molecule has 0 bridgehead atoms. The maximum atomic E-state index is 14.2. The van der Waals surface area contributed by atoms with Gasteiger partial charge in [-0.3, -0.25) is 9.36 Å². The highest BCUT2D eigenvalue weighted by atomic mass is 32.1. The van der Waals surface area contributed by atoms with E-state index in [0.29, 0.717) is 43.2 Å². The van der Waals surface area contributed by atoms with E-state index in [1.54, 1.807) is 49.9 Å². The Hall–Kier alpha value is -5.09. The van der Waals surface area contributed by atoms with E-state index in [1.807, 2.05) is 54.7 Å². The predicted molar refractivity (Wildman–Crippen MR) is 162 cm³/mol. The number of carbonyl (C=O) groups is 1. The number of benzene rings is 3. The molecular formula is C33H27FN4O4S. The first kappa shape index (κ1) is 28.0. The second kappa shape index (κ2) is 11.7. The minimum absolute atomic E-state index is 0.177. The highest BCUT2D eigenvalue weighted by Gasteiger charge is 2.35. The van der Waals surface area contributed by atoms with E-state index < -0.39 is 12.0 Å². The highest BCUT2D eigenvalue weighted by molar-refractivity contribution is 7.07. The summed E-state index contributed by atoms with van der Waals surface area (Å²) in [7, 11) is 1.55. The van der Waals surface area contributed by atoms with Crippen LogP contribution in [0.3, 0.4) is 0 Å². The molecule has 0 saturated carbocycles. The Morgan fingerprint density at radius 2 is 1.77 bits per heavy atom. The zero-order chi connectivity index (χ0) is 30.1. The van der Waals surface area contributed by atoms with Gasteiger partial charge in [-0.25, -0.2) is 18.9 Å². The Morgan fingerprint density at radius 1 is 1.05 bits per heavy atom. The lowest BCUT2D eigenvalue weighted by Crippen LogP contribution is -2.40. The summed E-state index contributed by atoms with van der Waals surface area (Å²) in [5, 5.41) is 4.79. The molecule has 1 unspecified atom stereocenters. The van der Waals surface area contributed by atoms with Gasteiger partial charge in [0.25, 0.3) is 5.56 Å². The van der Waals surface area contributed by atoms with Crippen molar-refractivity contribution in [3.8, 4) is 22.7 Å². The van der Waals surface area contributed by atoms with Gasteiger partial charge in [0.1, 0.15) is 23.3 Å². The molecule has 0 amide bonds. The van der Waals surface area contributed by atoms with E-state index in [2.05, 4.69) is 4.99 Å². The third kappa shape index (κ3) is 5.21. The van der Waals surface area contributed by atoms with Crippen molar-refractivity contribution < 1.29 is 18.7 Å². The number of carbonyl (C=O) groups excluding carboxylic acids is 1. The molecule has 10 heteroatoms. The summed E-state index contributed by atoms with van der Waals surface area (Å²) < 4.78 is 28.4. The molecule has 3 heterocycles. The quantitative estimate of drug-likeness (QED) is 0.253. The molecule has 0 N–H and O–H groups in total. The number of para-hydroxylation sites is 2. The second-order valence-electron chi connectivity index (χ2n) is 9.76. The molecule has 8 nitrogen and oxygen atoms in total. The van der Waals surface area contributed by atoms with E-state index in [4.69, 9.17) is 14.6 Å². The molecule has 0 radical (unpaired) electrons. The summed E-state index contributed by atoms with van der Waals surface area (Å²) in [5.74, 6) is -0.372. The monoisotopic (exact) mass is 594 g/mol. The van der Waals surface area contributed by atoms with Crippen LogP contribution in [0.25, 0.3) is 23.0 Å². The fourth-order valence-corrected chi connectivity index (χ4v) is 6.19. The smallest absolute Gasteiger partial charge is 0.338 e. The van der Waals surface area contributed by atoms with Crippen molar-refractivity contribution >= 4 is 23.4 Å². The second-order valence-corrected chi connectivity index (χ2v) is 10.8. The van der Waals surface area contributed by atoms with Crippen LogP contribution in [0.4, 0.5) is 4.39 Å². The van der Waals surface area contributed by atoms with Crippen LogP contribution in [0.15, 0.2) is 106 Å². The van der Waals surface area contributed by atoms with Gasteiger partial charge in [0.05, 0.1) is 35.2 Å². The summed E-state index contributed by atoms with van der Waals surface area (Å²) in [6.07, 6.45) is 3.59. The molecule has 2 aromatic heterocycles. The zero-order valence-corrected chi connectivity index (χ0v) is 24.5. The zero-order valence-electron chi connectivity index (χ0n) is 23.7. The van der Waals surface area contributed by atoms with Crippen LogP contribution in [0.2, 0.25) is 0 Å². The minimum Gasteiger partial charge on any atom is -0.496 e. The van der Waals surface area contributed by atoms with Gasteiger partial charge >= 0.3 is 5.97 Å². The fourth-order valence-electron chi connectivity index (χ4n) is 5.16. The lowest BCUT2D eigenvalue weighted by atomic mass is 9.95. The molecule has 3 aromatic carbocycles. The summed E-state index contributed by atoms with van der Waals surface area (Å²) in [5.41, 5.74) is 3.82. The maximum absolute atomic E-state index is 14.2. The number of rotatable bonds is 7. The number of ether oxygens (including phenoxy) is 2. The highest BCUT2D eigenvalue weighted by Crippen LogP contribution is 2.35. The van der Waals surface area contributed by atoms with Crippen molar-refractivity contribution in [2.24, 2.45) is 4.99 Å². The number of hydrogen-bond acceptors (Lipinski definition) is 7. The summed E-state index contributed by atoms with van der Waals surface area (Å²) in [4.78, 5) is 32.5. The van der Waals surface area contributed by atoms with Gasteiger partial charge in [0.15, 0.2) is 4.80 Å². The van der Waals surface area contributed by atoms with E-state index in [9.17, 15) is 14.0 Å². The molecular weight excluding hydrogens is 567 g/mol. The van der Waals surface area contributed by atoms with E-state index in [1.165, 1.54) is 28.0 Å². The molecule has 1 atom stereocenters. The standard InChI is InChI=1S/C33H27FN4O4S/c1-4-42-32(40)28-20(2)35-33-38(30(28)25-12-8-9-13-26(25)41-3)31(39)27(43-33)18-22-19-37(24-10-6-5-7-11-24)36-29(22)21-14-16-23(34)17-15-21/h5-19,30H,4H2,1-3H3/b27-18-. The number of fused-ring (bicyclic) bond motifs is 1. The Bertz CT molecular complexity index is 2040. The summed E-state index contributed by atoms with van der Waals surface area (Å²) in [6, 6.07) is 22.1. The van der Waals surface area contributed by atoms with E-state index in [-0.39, 0.29) is 23.6 Å². The van der Waals surface area contributed by atoms with E-state index in [0.717, 1.165) is 5.69 Å². The lowest BCUT2D eigenvalue weighted by Gasteiger charge is -2.25. The Kier molecular flexibility index (Phi) is 7.60. The first-order chi connectivity index (χ1) is 20.9. The van der Waals surface area contributed by atoms with Gasteiger partial charge in [-0.15, -0.1) is 0 Å². The number of halogens is 1. The minimum atomic E-state index is -0.808. The van der Waals surface area contributed by atoms with Crippen molar-refractivity contribution in [1.82, 2.24) is 14.3 Å². The van der Waals surface area contributed by atoms with Crippen molar-refractivity contribution in [2.75, 3.05) is 13.7 Å². The molecule has 216 valence electrons. The van der Waals surface area contributed by atoms with Crippen LogP contribution >= 0.6 is 11.3 Å². The Balaban J connectivity index is 1.58. The summed E-state index contributed by atoms with van der Waals surface area (Å²) >= 11 is 1.22. The van der Waals surface area contributed by atoms with Gasteiger partial charge in [0, 0.05) is 22.9 Å². The first-order valence-corrected chi connectivity index (χ1v) is 14.4. The lowest BCUT2D eigenvalue weighted by molar-refractivity contribution is -0.139. The molecule has 43 heavy (non-hydrogen) atoms. The first-order valence-electron chi connectivity index (χ1n) is 13.6. The molecule has 1 aliphatic heterocycles. The molecule has 0 saturated heterocycles. The number of allylic oxidation sites excluding steroid dienone is 1. The Labute approximate surface area is 250 Å². The predicted octanol–water partition coefficient (Wildman–Crippen LogP) is 4.80. The largest absolute Gasteiger partial charge is 0.496 e. The summed E-state index contributed by atoms with van der Waals surface area (Å²) in [6.45, 7) is 3.65. The van der Waals surface area contributed by atoms with E-state index >= 15 is 0 Å². The molecule has 0 aliphatic carbocycles. The normalized spacial score (nSPS) is 14.8. The average molecular weight is 595 g/mol. The SMILES string of the molecule is CCOC(=O)C1=C(C)N=c2s/c(=C\c3cn(-c4ccccc4)nc3-c3ccc(F)cc3)c(=O)n2C1c1ccccc1OC. The third-order valence-corrected chi connectivity index (χ3v) is 8.10. The molecule has 1 aliphatic rings. The van der Waals surface area contributed by atoms with Crippen LogP contribution in [0.5, 0.6) is 5.75 Å². The van der Waals surface area contributed by atoms with Crippen molar-refractivity contribution in [1.29, 1.82) is 0 Å². The number of aromatic nitrogens is 3. The van der Waals surface area contributed by atoms with Gasteiger partial charge in [0.2, 0.25) is 0 Å². The topological polar surface area (TPSA) is 87.7 Å². The van der Waals surface area contributed by atoms with Crippen LogP contribution in [0.1, 0.15) is 31.0 Å². The number of methoxy groups -OCH3 is 1. The molecule has 0 spiro atoms. The van der Waals surface area contributed by atoms with Crippen molar-refractivity contribution in [3.63, 3.8) is 0 Å². The van der Waals surface area contributed by atoms with Gasteiger partial charge in [-0.2, -0.15) is 5.10 Å². The number of nitrogens with zero attached hydrogens (tertiary/aromatic N) is 4. The van der Waals surface area contributed by atoms with Crippen LogP contribution < -0.4 is 19.6 Å². The molecule has 0 fully saturated rings. The molecule has 6 rings (SSSR count). The van der Waals surface area contributed by atoms with Crippen LogP contribution in [-0.4, -0.2) is 34.0 Å². The maximum Gasteiger partial charge on any atom is 0.338 e. The number of esters is 1. The fraction of sp³-hybridized carbons (Fsp3) is 0.152. The van der Waals surface area contributed by atoms with Crippen LogP contribution in [0, 0.1) is 5.82 Å². The van der Waals surface area contributed by atoms with Crippen molar-refractivity contribution in [2.45, 2.75) is 19.9 Å². The Morgan fingerprint density at radius 3 is 2.49 bits per heavy atom. The van der Waals surface area contributed by atoms with Crippen molar-refractivity contribution in [3.05, 3.63) is 133 Å².